The molecule has 0 unspecified atom stereocenters. The van der Waals surface area contributed by atoms with Crippen molar-refractivity contribution in [2.45, 2.75) is 51.7 Å². The zero-order valence-electron chi connectivity index (χ0n) is 16.0. The molecule has 0 saturated carbocycles. The van der Waals surface area contributed by atoms with E-state index in [0.29, 0.717) is 30.6 Å². The molecule has 3 aromatic heterocycles. The molecule has 1 aliphatic rings. The van der Waals surface area contributed by atoms with Crippen molar-refractivity contribution in [1.29, 1.82) is 0 Å². The van der Waals surface area contributed by atoms with Gasteiger partial charge in [-0.1, -0.05) is 0 Å². The number of aromatic amines is 1. The van der Waals surface area contributed by atoms with E-state index in [2.05, 4.69) is 25.4 Å². The van der Waals surface area contributed by atoms with Crippen molar-refractivity contribution in [3.05, 3.63) is 29.3 Å². The Hall–Kier alpha value is -3.11. The van der Waals surface area contributed by atoms with E-state index in [1.807, 2.05) is 0 Å². The van der Waals surface area contributed by atoms with Crippen LogP contribution in [-0.2, 0) is 19.0 Å². The number of ether oxygens (including phenoxy) is 1. The highest BCUT2D eigenvalue weighted by Gasteiger charge is 2.40. The molecule has 1 aliphatic carbocycles. The fraction of sp³-hybridized carbons (Fsp3) is 0.444. The van der Waals surface area contributed by atoms with E-state index in [0.717, 1.165) is 0 Å². The first-order valence-electron chi connectivity index (χ1n) is 9.05. The topological polar surface area (TPSA) is 97.7 Å². The molecule has 0 aromatic carbocycles. The molecular weight excluding hydrogens is 389 g/mol. The van der Waals surface area contributed by atoms with Crippen LogP contribution in [-0.4, -0.2) is 36.4 Å². The van der Waals surface area contributed by atoms with Gasteiger partial charge in [0, 0.05) is 23.0 Å². The Morgan fingerprint density at radius 3 is 2.72 bits per heavy atom. The molecule has 0 saturated heterocycles. The molecule has 0 aliphatic heterocycles. The van der Waals surface area contributed by atoms with E-state index >= 15 is 0 Å². The van der Waals surface area contributed by atoms with Crippen molar-refractivity contribution >= 4 is 17.3 Å². The van der Waals surface area contributed by atoms with Crippen LogP contribution in [0.5, 0.6) is 5.75 Å². The summed E-state index contributed by atoms with van der Waals surface area (Å²) in [5, 5.41) is 6.42. The number of aromatic nitrogens is 5. The highest BCUT2D eigenvalue weighted by molar-refractivity contribution is 5.83. The molecule has 0 spiro atoms. The standard InChI is InChI=1S/C18H19F3N6O2/c1-17(2,3)25-16(28)29-11-7-22-15-13(11)24-12(8-23-15)27-10-6-4-5-9(10)14(26-27)18(19,20)21/h7-8H,4-6H2,1-3H3,(H,22,23)(H,25,28). The van der Waals surface area contributed by atoms with E-state index in [9.17, 15) is 18.0 Å². The van der Waals surface area contributed by atoms with E-state index in [1.165, 1.54) is 17.1 Å². The van der Waals surface area contributed by atoms with Gasteiger partial charge < -0.3 is 15.0 Å². The molecule has 1 amide bonds. The summed E-state index contributed by atoms with van der Waals surface area (Å²) in [6.45, 7) is 5.41. The van der Waals surface area contributed by atoms with Gasteiger partial charge >= 0.3 is 12.3 Å². The van der Waals surface area contributed by atoms with Crippen LogP contribution in [0.4, 0.5) is 18.0 Å². The minimum absolute atomic E-state index is 0.121. The molecule has 8 nitrogen and oxygen atoms in total. The molecule has 3 heterocycles. The molecule has 0 fully saturated rings. The molecule has 11 heteroatoms. The Morgan fingerprint density at radius 1 is 1.28 bits per heavy atom. The SMILES string of the molecule is CC(C)(C)NC(=O)Oc1c[nH]c2ncc(-n3nc(C(F)(F)F)c4c3CCC4)nc12. The molecule has 29 heavy (non-hydrogen) atoms. The first-order chi connectivity index (χ1) is 13.5. The maximum Gasteiger partial charge on any atom is 0.435 e. The maximum absolute atomic E-state index is 13.3. The van der Waals surface area contributed by atoms with Crippen molar-refractivity contribution < 1.29 is 22.7 Å². The molecule has 0 atom stereocenters. The Bertz CT molecular complexity index is 1090. The van der Waals surface area contributed by atoms with Crippen LogP contribution in [0.2, 0.25) is 0 Å². The Balaban J connectivity index is 1.73. The number of nitrogens with zero attached hydrogens (tertiary/aromatic N) is 4. The summed E-state index contributed by atoms with van der Waals surface area (Å²) >= 11 is 0. The van der Waals surface area contributed by atoms with Crippen LogP contribution >= 0.6 is 0 Å². The van der Waals surface area contributed by atoms with E-state index in [-0.39, 0.29) is 22.6 Å². The van der Waals surface area contributed by atoms with E-state index in [1.54, 1.807) is 20.8 Å². The van der Waals surface area contributed by atoms with Crippen molar-refractivity contribution in [3.8, 4) is 11.6 Å². The number of hydrogen-bond donors (Lipinski definition) is 2. The number of rotatable bonds is 2. The fourth-order valence-corrected chi connectivity index (χ4v) is 3.33. The zero-order valence-corrected chi connectivity index (χ0v) is 16.0. The number of carbonyl (C=O) groups excluding carboxylic acids is 1. The fourth-order valence-electron chi connectivity index (χ4n) is 3.33. The Labute approximate surface area is 163 Å². The van der Waals surface area contributed by atoms with Gasteiger partial charge in [0.2, 0.25) is 0 Å². The normalized spacial score (nSPS) is 14.3. The summed E-state index contributed by atoms with van der Waals surface area (Å²) in [6.07, 6.45) is -1.03. The third-order valence-electron chi connectivity index (χ3n) is 4.43. The summed E-state index contributed by atoms with van der Waals surface area (Å²) in [4.78, 5) is 23.4. The van der Waals surface area contributed by atoms with Gasteiger partial charge in [-0.05, 0) is 40.0 Å². The minimum atomic E-state index is -4.54. The second-order valence-electron chi connectivity index (χ2n) is 7.88. The number of hydrogen-bond acceptors (Lipinski definition) is 5. The number of fused-ring (bicyclic) bond motifs is 2. The number of carbonyl (C=O) groups is 1. The monoisotopic (exact) mass is 408 g/mol. The Kier molecular flexibility index (Phi) is 4.28. The lowest BCUT2D eigenvalue weighted by Gasteiger charge is -2.19. The highest BCUT2D eigenvalue weighted by Crippen LogP contribution is 2.37. The van der Waals surface area contributed by atoms with Crippen molar-refractivity contribution in [1.82, 2.24) is 30.0 Å². The predicted octanol–water partition coefficient (Wildman–Crippen LogP) is 3.54. The first kappa shape index (κ1) is 19.2. The number of amides is 1. The first-order valence-corrected chi connectivity index (χ1v) is 9.05. The second-order valence-corrected chi connectivity index (χ2v) is 7.88. The van der Waals surface area contributed by atoms with Gasteiger partial charge in [0.1, 0.15) is 0 Å². The lowest BCUT2D eigenvalue weighted by Crippen LogP contribution is -2.42. The summed E-state index contributed by atoms with van der Waals surface area (Å²) in [5.74, 6) is 0.253. The van der Waals surface area contributed by atoms with Gasteiger partial charge in [-0.15, -0.1) is 0 Å². The van der Waals surface area contributed by atoms with Crippen molar-refractivity contribution in [2.75, 3.05) is 0 Å². The number of halogens is 3. The van der Waals surface area contributed by atoms with Gasteiger partial charge in [-0.3, -0.25) is 0 Å². The molecular formula is C18H19F3N6O2. The van der Waals surface area contributed by atoms with Crippen molar-refractivity contribution in [3.63, 3.8) is 0 Å². The third kappa shape index (κ3) is 3.64. The van der Waals surface area contributed by atoms with E-state index < -0.39 is 23.5 Å². The van der Waals surface area contributed by atoms with Gasteiger partial charge in [0.25, 0.3) is 0 Å². The molecule has 3 aromatic rings. The summed E-state index contributed by atoms with van der Waals surface area (Å²) in [6, 6.07) is 0. The number of alkyl halides is 3. The van der Waals surface area contributed by atoms with Gasteiger partial charge in [0.15, 0.2) is 28.4 Å². The lowest BCUT2D eigenvalue weighted by molar-refractivity contribution is -0.141. The lowest BCUT2D eigenvalue weighted by atomic mass is 10.1. The predicted molar refractivity (Wildman–Crippen MR) is 97.0 cm³/mol. The highest BCUT2D eigenvalue weighted by atomic mass is 19.4. The van der Waals surface area contributed by atoms with Crippen LogP contribution < -0.4 is 10.1 Å². The van der Waals surface area contributed by atoms with Crippen LogP contribution in [0.25, 0.3) is 17.0 Å². The molecule has 2 N–H and O–H groups in total. The average molecular weight is 408 g/mol. The largest absolute Gasteiger partial charge is 0.435 e. The van der Waals surface area contributed by atoms with Crippen LogP contribution in [0.1, 0.15) is 44.1 Å². The number of nitrogens with one attached hydrogen (secondary N) is 2. The van der Waals surface area contributed by atoms with Crippen molar-refractivity contribution in [2.24, 2.45) is 0 Å². The minimum Gasteiger partial charge on any atom is -0.406 e. The maximum atomic E-state index is 13.3. The molecule has 154 valence electrons. The summed E-state index contributed by atoms with van der Waals surface area (Å²) in [7, 11) is 0. The quantitative estimate of drug-likeness (QED) is 0.676. The van der Waals surface area contributed by atoms with Gasteiger partial charge in [-0.2, -0.15) is 18.3 Å². The molecule has 0 radical (unpaired) electrons. The van der Waals surface area contributed by atoms with Gasteiger partial charge in [-0.25, -0.2) is 19.4 Å². The second kappa shape index (κ2) is 6.46. The third-order valence-corrected chi connectivity index (χ3v) is 4.43. The van der Waals surface area contributed by atoms with Crippen LogP contribution in [0.3, 0.4) is 0 Å². The smallest absolute Gasteiger partial charge is 0.406 e. The average Bonchev–Trinajstić information content (AvgIpc) is 3.26. The van der Waals surface area contributed by atoms with Crippen LogP contribution in [0.15, 0.2) is 12.4 Å². The molecule has 0 bridgehead atoms. The Morgan fingerprint density at radius 2 is 2.03 bits per heavy atom. The summed E-state index contributed by atoms with van der Waals surface area (Å²) < 4.78 is 46.5. The van der Waals surface area contributed by atoms with Gasteiger partial charge in [0.05, 0.1) is 6.20 Å². The zero-order chi connectivity index (χ0) is 21.0. The number of H-pyrrole nitrogens is 1. The van der Waals surface area contributed by atoms with E-state index in [4.69, 9.17) is 4.74 Å². The summed E-state index contributed by atoms with van der Waals surface area (Å²) in [5.41, 5.74) is -0.135. The van der Waals surface area contributed by atoms with Crippen LogP contribution in [0, 0.1) is 0 Å². The molecule has 4 rings (SSSR count).